The van der Waals surface area contributed by atoms with Gasteiger partial charge in [-0.05, 0) is 26.0 Å². The van der Waals surface area contributed by atoms with E-state index in [9.17, 15) is 0 Å². The summed E-state index contributed by atoms with van der Waals surface area (Å²) < 4.78 is 0. The second-order valence-electron chi connectivity index (χ2n) is 3.87. The summed E-state index contributed by atoms with van der Waals surface area (Å²) in [5, 5.41) is 5.31. The van der Waals surface area contributed by atoms with Crippen molar-refractivity contribution in [2.24, 2.45) is 0 Å². The molecule has 0 aliphatic rings. The van der Waals surface area contributed by atoms with Crippen LogP contribution in [-0.4, -0.2) is 21.5 Å². The molecule has 0 bridgehead atoms. The number of rotatable bonds is 5. The highest BCUT2D eigenvalue weighted by atomic mass is 32.1. The average molecular weight is 248 g/mol. The third-order valence-electron chi connectivity index (χ3n) is 2.30. The summed E-state index contributed by atoms with van der Waals surface area (Å²) in [6.45, 7) is 5.93. The van der Waals surface area contributed by atoms with Gasteiger partial charge in [0.05, 0.1) is 11.2 Å². The Balaban J connectivity index is 2.18. The van der Waals surface area contributed by atoms with E-state index in [4.69, 9.17) is 0 Å². The normalized spacial score (nSPS) is 10.7. The van der Waals surface area contributed by atoms with Crippen LogP contribution in [0.5, 0.6) is 0 Å². The topological polar surface area (TPSA) is 50.7 Å². The van der Waals surface area contributed by atoms with E-state index < -0.39 is 0 Å². The van der Waals surface area contributed by atoms with Gasteiger partial charge in [0.25, 0.3) is 0 Å². The Bertz CT molecular complexity index is 467. The van der Waals surface area contributed by atoms with Crippen LogP contribution >= 0.6 is 11.3 Å². The number of aromatic nitrogens is 3. The molecular weight excluding hydrogens is 232 g/mol. The fourth-order valence-corrected chi connectivity index (χ4v) is 2.09. The van der Waals surface area contributed by atoms with Crippen molar-refractivity contribution in [2.45, 2.75) is 26.8 Å². The highest BCUT2D eigenvalue weighted by molar-refractivity contribution is 7.07. The van der Waals surface area contributed by atoms with Gasteiger partial charge in [-0.1, -0.05) is 6.92 Å². The first-order chi connectivity index (χ1) is 8.29. The minimum absolute atomic E-state index is 0.722. The zero-order valence-corrected chi connectivity index (χ0v) is 10.9. The van der Waals surface area contributed by atoms with Crippen molar-refractivity contribution in [3.8, 4) is 11.5 Å². The molecule has 1 N–H and O–H groups in total. The molecule has 5 heteroatoms. The highest BCUT2D eigenvalue weighted by Gasteiger charge is 2.06. The minimum atomic E-state index is 0.722. The van der Waals surface area contributed by atoms with Crippen LogP contribution in [0.1, 0.15) is 24.7 Å². The maximum Gasteiger partial charge on any atom is 0.179 e. The Morgan fingerprint density at radius 2 is 2.24 bits per heavy atom. The second kappa shape index (κ2) is 5.84. The van der Waals surface area contributed by atoms with E-state index in [0.717, 1.165) is 42.4 Å². The van der Waals surface area contributed by atoms with Gasteiger partial charge in [-0.2, -0.15) is 0 Å². The number of hydrogen-bond donors (Lipinski definition) is 1. The molecule has 0 radical (unpaired) electrons. The first kappa shape index (κ1) is 12.1. The molecule has 0 aromatic carbocycles. The molecule has 17 heavy (non-hydrogen) atoms. The predicted molar refractivity (Wildman–Crippen MR) is 69.9 cm³/mol. The summed E-state index contributed by atoms with van der Waals surface area (Å²) in [7, 11) is 0. The molecule has 0 saturated carbocycles. The molecule has 0 amide bonds. The molecular formula is C12H16N4S. The summed E-state index contributed by atoms with van der Waals surface area (Å²) in [6, 6.07) is 2.01. The molecule has 0 aliphatic carbocycles. The molecule has 0 aliphatic heterocycles. The maximum atomic E-state index is 4.52. The third kappa shape index (κ3) is 3.31. The quantitative estimate of drug-likeness (QED) is 0.826. The van der Waals surface area contributed by atoms with Crippen molar-refractivity contribution in [3.05, 3.63) is 28.3 Å². The number of hydrogen-bond acceptors (Lipinski definition) is 5. The monoisotopic (exact) mass is 248 g/mol. The van der Waals surface area contributed by atoms with Gasteiger partial charge in [0, 0.05) is 17.6 Å². The lowest BCUT2D eigenvalue weighted by atomic mass is 10.3. The molecule has 2 heterocycles. The number of thiazole rings is 1. The van der Waals surface area contributed by atoms with Crippen molar-refractivity contribution in [2.75, 3.05) is 6.54 Å². The molecule has 0 atom stereocenters. The number of nitrogens with zero attached hydrogens (tertiary/aromatic N) is 3. The van der Waals surface area contributed by atoms with Gasteiger partial charge in [-0.3, -0.25) is 0 Å². The first-order valence-electron chi connectivity index (χ1n) is 5.73. The van der Waals surface area contributed by atoms with E-state index in [1.54, 1.807) is 16.8 Å². The lowest BCUT2D eigenvalue weighted by Gasteiger charge is -2.05. The second-order valence-corrected chi connectivity index (χ2v) is 4.59. The first-order valence-corrected chi connectivity index (χ1v) is 6.67. The fourth-order valence-electron chi connectivity index (χ4n) is 1.56. The van der Waals surface area contributed by atoms with Gasteiger partial charge in [-0.25, -0.2) is 15.0 Å². The molecule has 90 valence electrons. The molecule has 0 fully saturated rings. The molecule has 4 nitrogen and oxygen atoms in total. The van der Waals surface area contributed by atoms with Crippen LogP contribution < -0.4 is 5.32 Å². The minimum Gasteiger partial charge on any atom is -0.311 e. The van der Waals surface area contributed by atoms with Crippen molar-refractivity contribution in [1.82, 2.24) is 20.3 Å². The number of aryl methyl sites for hydroxylation is 1. The standard InChI is InChI=1S/C12H16N4S/c1-3-4-13-6-10-5-9(2)15-12(16-10)11-7-17-8-14-11/h5,7-8,13H,3-4,6H2,1-2H3. The third-order valence-corrected chi connectivity index (χ3v) is 2.89. The van der Waals surface area contributed by atoms with Crippen LogP contribution in [0.3, 0.4) is 0 Å². The summed E-state index contributed by atoms with van der Waals surface area (Å²) >= 11 is 1.56. The van der Waals surface area contributed by atoms with Crippen LogP contribution in [-0.2, 0) is 6.54 Å². The van der Waals surface area contributed by atoms with Gasteiger partial charge < -0.3 is 5.32 Å². The van der Waals surface area contributed by atoms with Crippen LogP contribution in [0, 0.1) is 6.92 Å². The van der Waals surface area contributed by atoms with Gasteiger partial charge in [-0.15, -0.1) is 11.3 Å². The van der Waals surface area contributed by atoms with E-state index in [2.05, 4.69) is 27.2 Å². The Kier molecular flexibility index (Phi) is 4.17. The Morgan fingerprint density at radius 1 is 1.35 bits per heavy atom. The Morgan fingerprint density at radius 3 is 2.94 bits per heavy atom. The molecule has 0 spiro atoms. The largest absolute Gasteiger partial charge is 0.311 e. The smallest absolute Gasteiger partial charge is 0.179 e. The molecule has 0 unspecified atom stereocenters. The van der Waals surface area contributed by atoms with E-state index >= 15 is 0 Å². The molecule has 0 saturated heterocycles. The van der Waals surface area contributed by atoms with Gasteiger partial charge >= 0.3 is 0 Å². The molecule has 2 rings (SSSR count). The molecule has 2 aromatic rings. The van der Waals surface area contributed by atoms with Gasteiger partial charge in [0.1, 0.15) is 5.69 Å². The summed E-state index contributed by atoms with van der Waals surface area (Å²) in [6.07, 6.45) is 1.13. The summed E-state index contributed by atoms with van der Waals surface area (Å²) in [5.41, 5.74) is 4.66. The van der Waals surface area contributed by atoms with Crippen LogP contribution in [0.25, 0.3) is 11.5 Å². The summed E-state index contributed by atoms with van der Waals surface area (Å²) in [4.78, 5) is 13.2. The predicted octanol–water partition coefficient (Wildman–Crippen LogP) is 2.41. The van der Waals surface area contributed by atoms with Crippen LogP contribution in [0.15, 0.2) is 17.0 Å². The van der Waals surface area contributed by atoms with E-state index in [1.807, 2.05) is 18.4 Å². The zero-order chi connectivity index (χ0) is 12.1. The fraction of sp³-hybridized carbons (Fsp3) is 0.417. The Labute approximate surface area is 105 Å². The van der Waals surface area contributed by atoms with Crippen molar-refractivity contribution < 1.29 is 0 Å². The van der Waals surface area contributed by atoms with E-state index in [1.165, 1.54) is 0 Å². The van der Waals surface area contributed by atoms with E-state index in [-0.39, 0.29) is 0 Å². The zero-order valence-electron chi connectivity index (χ0n) is 10.1. The van der Waals surface area contributed by atoms with E-state index in [0.29, 0.717) is 0 Å². The van der Waals surface area contributed by atoms with Crippen LogP contribution in [0.2, 0.25) is 0 Å². The summed E-state index contributed by atoms with van der Waals surface area (Å²) in [5.74, 6) is 0.722. The number of nitrogens with one attached hydrogen (secondary N) is 1. The van der Waals surface area contributed by atoms with Crippen molar-refractivity contribution >= 4 is 11.3 Å². The Hall–Kier alpha value is -1.33. The maximum absolute atomic E-state index is 4.52. The van der Waals surface area contributed by atoms with Gasteiger partial charge in [0.2, 0.25) is 0 Å². The SMILES string of the molecule is CCCNCc1cc(C)nc(-c2cscn2)n1. The van der Waals surface area contributed by atoms with Crippen molar-refractivity contribution in [3.63, 3.8) is 0 Å². The lowest BCUT2D eigenvalue weighted by Crippen LogP contribution is -2.15. The average Bonchev–Trinajstić information content (AvgIpc) is 2.82. The van der Waals surface area contributed by atoms with Crippen LogP contribution in [0.4, 0.5) is 0 Å². The van der Waals surface area contributed by atoms with Crippen molar-refractivity contribution in [1.29, 1.82) is 0 Å². The van der Waals surface area contributed by atoms with Gasteiger partial charge in [0.15, 0.2) is 5.82 Å². The molecule has 2 aromatic heterocycles. The lowest BCUT2D eigenvalue weighted by molar-refractivity contribution is 0.662. The highest BCUT2D eigenvalue weighted by Crippen LogP contribution is 2.15.